The summed E-state index contributed by atoms with van der Waals surface area (Å²) in [6, 6.07) is 0.818. The van der Waals surface area contributed by atoms with Gasteiger partial charge < -0.3 is 4.90 Å². The molecule has 2 saturated carbocycles. The Kier molecular flexibility index (Phi) is 4.30. The lowest BCUT2D eigenvalue weighted by Gasteiger charge is -2.43. The number of nitrogens with zero attached hydrogens (tertiary/aromatic N) is 3. The second-order valence-corrected chi connectivity index (χ2v) is 9.25. The lowest BCUT2D eigenvalue weighted by atomic mass is 9.78. The number of guanidine groups is 1. The average Bonchev–Trinajstić information content (AvgIpc) is 2.77. The van der Waals surface area contributed by atoms with Crippen LogP contribution in [0.15, 0.2) is 28.5 Å². The lowest BCUT2D eigenvalue weighted by Crippen LogP contribution is -2.55. The molecule has 2 aliphatic carbocycles. The molecule has 0 radical (unpaired) electrons. The van der Waals surface area contributed by atoms with Gasteiger partial charge in [-0.15, -0.1) is 0 Å². The molecule has 4 fully saturated rings. The first-order valence-electron chi connectivity index (χ1n) is 10.7. The number of rotatable bonds is 3. The SMILES string of the molecule is CC1=CC2=CC(CCC3CC(F)(F)C3)NN2C(N2CC3CCCC2CC3)=N1. The van der Waals surface area contributed by atoms with Gasteiger partial charge in [0.2, 0.25) is 11.9 Å². The van der Waals surface area contributed by atoms with Gasteiger partial charge in [0.05, 0.1) is 5.70 Å². The molecule has 27 heavy (non-hydrogen) atoms. The molecule has 6 aliphatic rings. The Morgan fingerprint density at radius 1 is 1.19 bits per heavy atom. The minimum absolute atomic E-state index is 0.0720. The molecule has 0 aromatic rings. The Hall–Kier alpha value is -1.43. The van der Waals surface area contributed by atoms with Crippen molar-refractivity contribution in [3.63, 3.8) is 0 Å². The molecule has 3 unspecified atom stereocenters. The van der Waals surface area contributed by atoms with Crippen LogP contribution in [-0.4, -0.2) is 40.4 Å². The summed E-state index contributed by atoms with van der Waals surface area (Å²) in [5, 5.41) is 2.16. The maximum Gasteiger partial charge on any atom is 0.248 e. The third-order valence-corrected chi connectivity index (χ3v) is 7.03. The highest BCUT2D eigenvalue weighted by molar-refractivity contribution is 5.85. The Labute approximate surface area is 160 Å². The van der Waals surface area contributed by atoms with E-state index in [1.54, 1.807) is 0 Å². The summed E-state index contributed by atoms with van der Waals surface area (Å²) in [6.07, 6.45) is 12.9. The molecular weight excluding hydrogens is 346 g/mol. The van der Waals surface area contributed by atoms with Crippen LogP contribution in [0.1, 0.15) is 64.7 Å². The van der Waals surface area contributed by atoms with Crippen LogP contribution in [0.3, 0.4) is 0 Å². The molecule has 148 valence electrons. The van der Waals surface area contributed by atoms with Crippen LogP contribution < -0.4 is 5.43 Å². The van der Waals surface area contributed by atoms with Crippen molar-refractivity contribution in [2.75, 3.05) is 6.54 Å². The highest BCUT2D eigenvalue weighted by atomic mass is 19.3. The molecular formula is C21H30F2N4. The summed E-state index contributed by atoms with van der Waals surface area (Å²) in [7, 11) is 0. The maximum atomic E-state index is 13.1. The van der Waals surface area contributed by atoms with Crippen LogP contribution in [0.2, 0.25) is 0 Å². The van der Waals surface area contributed by atoms with Crippen molar-refractivity contribution in [3.05, 3.63) is 23.5 Å². The number of hydrogen-bond acceptors (Lipinski definition) is 4. The van der Waals surface area contributed by atoms with Crippen molar-refractivity contribution in [2.24, 2.45) is 16.8 Å². The van der Waals surface area contributed by atoms with E-state index in [1.165, 1.54) is 37.8 Å². The van der Waals surface area contributed by atoms with E-state index in [-0.39, 0.29) is 24.8 Å². The van der Waals surface area contributed by atoms with Gasteiger partial charge >= 0.3 is 0 Å². The summed E-state index contributed by atoms with van der Waals surface area (Å²) >= 11 is 0. The lowest BCUT2D eigenvalue weighted by molar-refractivity contribution is -0.112. The number of halogens is 2. The molecule has 2 bridgehead atoms. The van der Waals surface area contributed by atoms with Crippen LogP contribution in [0.4, 0.5) is 8.78 Å². The standard InChI is InChI=1S/C21H30F2N4/c1-14-9-19-10-17(7-5-16-11-21(22,23)12-16)25-27(19)20(24-14)26-13-15-3-2-4-18(26)8-6-15/h9-10,15-18,25H,2-8,11-13H2,1H3. The first-order valence-corrected chi connectivity index (χ1v) is 10.7. The second-order valence-electron chi connectivity index (χ2n) is 9.25. The molecule has 0 spiro atoms. The zero-order chi connectivity index (χ0) is 18.6. The molecule has 3 atom stereocenters. The highest BCUT2D eigenvalue weighted by Gasteiger charge is 2.45. The van der Waals surface area contributed by atoms with Gasteiger partial charge in [0.1, 0.15) is 0 Å². The first-order chi connectivity index (χ1) is 13.0. The quantitative estimate of drug-likeness (QED) is 0.791. The van der Waals surface area contributed by atoms with E-state index in [0.717, 1.165) is 37.0 Å². The largest absolute Gasteiger partial charge is 0.338 e. The molecule has 0 aromatic heterocycles. The van der Waals surface area contributed by atoms with Gasteiger partial charge in [0, 0.05) is 37.2 Å². The van der Waals surface area contributed by atoms with Gasteiger partial charge in [-0.05, 0) is 69.4 Å². The topological polar surface area (TPSA) is 30.9 Å². The summed E-state index contributed by atoms with van der Waals surface area (Å²) < 4.78 is 26.1. The third kappa shape index (κ3) is 3.41. The van der Waals surface area contributed by atoms with Crippen LogP contribution >= 0.6 is 0 Å². The van der Waals surface area contributed by atoms with Crippen molar-refractivity contribution in [2.45, 2.75) is 82.7 Å². The summed E-state index contributed by atoms with van der Waals surface area (Å²) in [5.74, 6) is -0.376. The van der Waals surface area contributed by atoms with Crippen molar-refractivity contribution in [3.8, 4) is 0 Å². The Morgan fingerprint density at radius 3 is 2.85 bits per heavy atom. The normalized spacial score (nSPS) is 35.2. The summed E-state index contributed by atoms with van der Waals surface area (Å²) in [6.45, 7) is 3.18. The molecule has 4 heterocycles. The fourth-order valence-corrected chi connectivity index (χ4v) is 5.57. The number of piperidine rings is 1. The third-order valence-electron chi connectivity index (χ3n) is 7.03. The fourth-order valence-electron chi connectivity index (χ4n) is 5.57. The van der Waals surface area contributed by atoms with E-state index in [0.29, 0.717) is 6.04 Å². The van der Waals surface area contributed by atoms with Gasteiger partial charge in [-0.1, -0.05) is 6.42 Å². The van der Waals surface area contributed by atoms with Crippen LogP contribution in [0.25, 0.3) is 0 Å². The number of allylic oxidation sites excluding steroid dienone is 2. The molecule has 0 aromatic carbocycles. The second kappa shape index (κ2) is 6.57. The van der Waals surface area contributed by atoms with E-state index < -0.39 is 5.92 Å². The number of alkyl halides is 2. The zero-order valence-electron chi connectivity index (χ0n) is 16.1. The average molecular weight is 376 g/mol. The Morgan fingerprint density at radius 2 is 2.04 bits per heavy atom. The minimum atomic E-state index is -2.41. The van der Waals surface area contributed by atoms with E-state index in [1.807, 2.05) is 0 Å². The minimum Gasteiger partial charge on any atom is -0.338 e. The van der Waals surface area contributed by atoms with Gasteiger partial charge in [0.25, 0.3) is 0 Å². The molecule has 6 rings (SSSR count). The predicted molar refractivity (Wildman–Crippen MR) is 102 cm³/mol. The summed E-state index contributed by atoms with van der Waals surface area (Å²) in [5.41, 5.74) is 5.82. The number of hydrogen-bond donors (Lipinski definition) is 1. The smallest absolute Gasteiger partial charge is 0.248 e. The monoisotopic (exact) mass is 376 g/mol. The molecule has 6 heteroatoms. The van der Waals surface area contributed by atoms with Crippen LogP contribution in [0, 0.1) is 11.8 Å². The molecule has 4 nitrogen and oxygen atoms in total. The van der Waals surface area contributed by atoms with Gasteiger partial charge in [-0.2, -0.15) is 0 Å². The van der Waals surface area contributed by atoms with Crippen LogP contribution in [-0.2, 0) is 0 Å². The van der Waals surface area contributed by atoms with Gasteiger partial charge in [-0.3, -0.25) is 0 Å². The number of nitrogens with one attached hydrogen (secondary N) is 1. The van der Waals surface area contributed by atoms with Crippen molar-refractivity contribution < 1.29 is 8.78 Å². The Balaban J connectivity index is 1.27. The van der Waals surface area contributed by atoms with E-state index in [4.69, 9.17) is 4.99 Å². The Bertz CT molecular complexity index is 686. The first kappa shape index (κ1) is 17.7. The molecule has 2 saturated heterocycles. The molecule has 0 amide bonds. The zero-order valence-corrected chi connectivity index (χ0v) is 16.1. The molecule has 4 aliphatic heterocycles. The van der Waals surface area contributed by atoms with Crippen LogP contribution in [0.5, 0.6) is 0 Å². The number of hydrazine groups is 1. The van der Waals surface area contributed by atoms with Gasteiger partial charge in [-0.25, -0.2) is 24.2 Å². The molecule has 1 N–H and O–H groups in total. The maximum absolute atomic E-state index is 13.1. The van der Waals surface area contributed by atoms with Crippen molar-refractivity contribution in [1.82, 2.24) is 15.3 Å². The van der Waals surface area contributed by atoms with E-state index >= 15 is 0 Å². The number of aliphatic imine (C=N–C) groups is 1. The summed E-state index contributed by atoms with van der Waals surface area (Å²) in [4.78, 5) is 7.45. The van der Waals surface area contributed by atoms with Crippen molar-refractivity contribution >= 4 is 5.96 Å². The van der Waals surface area contributed by atoms with Crippen molar-refractivity contribution in [1.29, 1.82) is 0 Å². The van der Waals surface area contributed by atoms with E-state index in [9.17, 15) is 8.78 Å². The highest BCUT2D eigenvalue weighted by Crippen LogP contribution is 2.45. The van der Waals surface area contributed by atoms with Gasteiger partial charge in [0.15, 0.2) is 0 Å². The number of fused-ring (bicyclic) bond motifs is 5. The predicted octanol–water partition coefficient (Wildman–Crippen LogP) is 4.42. The fraction of sp³-hybridized carbons (Fsp3) is 0.762. The van der Waals surface area contributed by atoms with E-state index in [2.05, 4.69) is 34.4 Å².